The average molecular weight is 479 g/mol. The van der Waals surface area contributed by atoms with Crippen LogP contribution >= 0.6 is 35.3 Å². The number of guanidine groups is 1. The lowest BCUT2D eigenvalue weighted by Gasteiger charge is -2.30. The maximum Gasteiger partial charge on any atom is 0.309 e. The van der Waals surface area contributed by atoms with E-state index in [-0.39, 0.29) is 35.9 Å². The number of carbonyl (C=O) groups excluding carboxylic acids is 1. The lowest BCUT2D eigenvalue weighted by molar-refractivity contribution is -0.161. The van der Waals surface area contributed by atoms with Crippen LogP contribution in [0.3, 0.4) is 0 Å². The fraction of sp³-hybridized carbons (Fsp3) is 0.667. The third kappa shape index (κ3) is 8.40. The summed E-state index contributed by atoms with van der Waals surface area (Å²) in [5, 5.41) is 5.36. The van der Waals surface area contributed by atoms with Gasteiger partial charge in [-0.05, 0) is 57.9 Å². The zero-order valence-electron chi connectivity index (χ0n) is 15.3. The number of hydrogen-bond acceptors (Lipinski definition) is 4. The van der Waals surface area contributed by atoms with E-state index in [9.17, 15) is 4.79 Å². The van der Waals surface area contributed by atoms with Gasteiger partial charge in [0.15, 0.2) is 5.96 Å². The minimum atomic E-state index is -0.411. The van der Waals surface area contributed by atoms with Crippen molar-refractivity contribution in [1.82, 2.24) is 5.32 Å². The molecule has 5 nitrogen and oxygen atoms in total. The van der Waals surface area contributed by atoms with Crippen LogP contribution in [-0.4, -0.2) is 30.1 Å². The Balaban J connectivity index is 0.00000312. The van der Waals surface area contributed by atoms with Crippen molar-refractivity contribution in [2.24, 2.45) is 16.6 Å². The normalized spacial score (nSPS) is 21.3. The molecule has 1 aromatic heterocycles. The van der Waals surface area contributed by atoms with Gasteiger partial charge < -0.3 is 15.8 Å². The van der Waals surface area contributed by atoms with Crippen molar-refractivity contribution in [2.75, 3.05) is 6.54 Å². The molecule has 0 amide bonds. The lowest BCUT2D eigenvalue weighted by atomic mass is 9.86. The first-order valence-corrected chi connectivity index (χ1v) is 9.53. The van der Waals surface area contributed by atoms with Crippen LogP contribution in [0.1, 0.15) is 51.3 Å². The minimum Gasteiger partial charge on any atom is -0.460 e. The van der Waals surface area contributed by atoms with Crippen molar-refractivity contribution >= 4 is 47.2 Å². The van der Waals surface area contributed by atoms with E-state index in [1.807, 2.05) is 20.8 Å². The van der Waals surface area contributed by atoms with Gasteiger partial charge in [-0.15, -0.1) is 35.3 Å². The summed E-state index contributed by atoms with van der Waals surface area (Å²) in [6, 6.07) is 4.46. The van der Waals surface area contributed by atoms with Crippen LogP contribution in [0, 0.1) is 5.92 Å². The van der Waals surface area contributed by atoms with E-state index in [2.05, 4.69) is 27.8 Å². The molecule has 1 aromatic rings. The zero-order chi connectivity index (χ0) is 17.6. The molecule has 3 N–H and O–H groups in total. The number of aliphatic imine (C=N–C) groups is 1. The van der Waals surface area contributed by atoms with Crippen LogP contribution < -0.4 is 11.1 Å². The van der Waals surface area contributed by atoms with Crippen LogP contribution in [0.15, 0.2) is 22.5 Å². The van der Waals surface area contributed by atoms with Crippen LogP contribution in [0.25, 0.3) is 0 Å². The van der Waals surface area contributed by atoms with Crippen molar-refractivity contribution in [1.29, 1.82) is 0 Å². The molecule has 142 valence electrons. The Hall–Kier alpha value is -0.830. The lowest BCUT2D eigenvalue weighted by Crippen LogP contribution is -2.43. The van der Waals surface area contributed by atoms with Gasteiger partial charge in [-0.3, -0.25) is 9.79 Å². The fourth-order valence-electron chi connectivity index (χ4n) is 2.85. The Labute approximate surface area is 171 Å². The van der Waals surface area contributed by atoms with Crippen LogP contribution in [0.5, 0.6) is 0 Å². The number of nitrogens with one attached hydrogen (secondary N) is 1. The monoisotopic (exact) mass is 479 g/mol. The minimum absolute atomic E-state index is 0. The molecule has 1 heterocycles. The van der Waals surface area contributed by atoms with Crippen molar-refractivity contribution in [3.63, 3.8) is 0 Å². The molecule has 0 spiro atoms. The molecule has 2 rings (SSSR count). The van der Waals surface area contributed by atoms with Gasteiger partial charge in [-0.1, -0.05) is 6.07 Å². The molecule has 1 fully saturated rings. The largest absolute Gasteiger partial charge is 0.460 e. The van der Waals surface area contributed by atoms with Crippen LogP contribution in [0.2, 0.25) is 0 Å². The molecular weight excluding hydrogens is 449 g/mol. The number of hydrogen-bond donors (Lipinski definition) is 2. The van der Waals surface area contributed by atoms with E-state index in [4.69, 9.17) is 10.5 Å². The quantitative estimate of drug-likeness (QED) is 0.292. The van der Waals surface area contributed by atoms with Gasteiger partial charge in [-0.25, -0.2) is 0 Å². The van der Waals surface area contributed by atoms with E-state index < -0.39 is 5.60 Å². The van der Waals surface area contributed by atoms with Crippen LogP contribution in [-0.2, 0) is 16.0 Å². The Bertz CT molecular complexity index is 547. The van der Waals surface area contributed by atoms with Gasteiger partial charge in [0.2, 0.25) is 0 Å². The SMILES string of the molecule is CC(C)(C)OC(=O)C1CCC(NC(N)=NCCc2cccs2)CC1.I. The number of ether oxygens (including phenoxy) is 1. The number of esters is 1. The topological polar surface area (TPSA) is 76.7 Å². The van der Waals surface area contributed by atoms with Gasteiger partial charge in [0, 0.05) is 23.9 Å². The van der Waals surface area contributed by atoms with Crippen molar-refractivity contribution in [2.45, 2.75) is 64.5 Å². The molecule has 7 heteroatoms. The van der Waals surface area contributed by atoms with Crippen molar-refractivity contribution in [3.8, 4) is 0 Å². The van der Waals surface area contributed by atoms with E-state index in [0.29, 0.717) is 18.5 Å². The summed E-state index contributed by atoms with van der Waals surface area (Å²) in [6.07, 6.45) is 4.45. The Kier molecular flexibility index (Phi) is 9.20. The third-order valence-corrected chi connectivity index (χ3v) is 4.98. The van der Waals surface area contributed by atoms with Gasteiger partial charge in [0.1, 0.15) is 5.60 Å². The summed E-state index contributed by atoms with van der Waals surface area (Å²) < 4.78 is 5.48. The van der Waals surface area contributed by atoms with Gasteiger partial charge in [-0.2, -0.15) is 0 Å². The Morgan fingerprint density at radius 3 is 2.60 bits per heavy atom. The van der Waals surface area contributed by atoms with E-state index >= 15 is 0 Å². The first-order chi connectivity index (χ1) is 11.3. The van der Waals surface area contributed by atoms with Gasteiger partial charge in [0.25, 0.3) is 0 Å². The summed E-state index contributed by atoms with van der Waals surface area (Å²) >= 11 is 1.74. The molecule has 0 aromatic carbocycles. The van der Waals surface area contributed by atoms with Crippen LogP contribution in [0.4, 0.5) is 0 Å². The molecule has 0 aliphatic heterocycles. The van der Waals surface area contributed by atoms with Gasteiger partial charge in [0.05, 0.1) is 5.92 Å². The second kappa shape index (κ2) is 10.4. The number of rotatable bonds is 5. The zero-order valence-corrected chi connectivity index (χ0v) is 18.4. The highest BCUT2D eigenvalue weighted by atomic mass is 127. The smallest absolute Gasteiger partial charge is 0.309 e. The predicted molar refractivity (Wildman–Crippen MR) is 115 cm³/mol. The molecular formula is C18H30IN3O2S. The number of nitrogens with two attached hydrogens (primary N) is 1. The summed E-state index contributed by atoms with van der Waals surface area (Å²) in [7, 11) is 0. The maximum atomic E-state index is 12.1. The molecule has 0 unspecified atom stereocenters. The number of nitrogens with zero attached hydrogens (tertiary/aromatic N) is 1. The molecule has 0 atom stereocenters. The Morgan fingerprint density at radius 2 is 2.04 bits per heavy atom. The number of carbonyl (C=O) groups is 1. The highest BCUT2D eigenvalue weighted by molar-refractivity contribution is 14.0. The number of halogens is 1. The first-order valence-electron chi connectivity index (χ1n) is 8.65. The van der Waals surface area contributed by atoms with Crippen molar-refractivity contribution < 1.29 is 9.53 Å². The standard InChI is InChI=1S/C18H29N3O2S.HI/c1-18(2,3)23-16(22)13-6-8-14(9-7-13)21-17(19)20-11-10-15-5-4-12-24-15;/h4-5,12-14H,6-11H2,1-3H3,(H3,19,20,21);1H. The number of thiophene rings is 1. The highest BCUT2D eigenvalue weighted by Gasteiger charge is 2.29. The summed E-state index contributed by atoms with van der Waals surface area (Å²) in [4.78, 5) is 17.8. The second-order valence-electron chi connectivity index (χ2n) is 7.32. The third-order valence-electron chi connectivity index (χ3n) is 4.04. The summed E-state index contributed by atoms with van der Waals surface area (Å²) in [5.74, 6) is 0.449. The molecule has 1 saturated carbocycles. The average Bonchev–Trinajstić information content (AvgIpc) is 2.99. The van der Waals surface area contributed by atoms with E-state index in [0.717, 1.165) is 32.1 Å². The van der Waals surface area contributed by atoms with E-state index in [1.54, 1.807) is 11.3 Å². The second-order valence-corrected chi connectivity index (χ2v) is 8.35. The fourth-order valence-corrected chi connectivity index (χ4v) is 3.55. The molecule has 0 saturated heterocycles. The molecule has 1 aliphatic rings. The summed E-state index contributed by atoms with van der Waals surface area (Å²) in [6.45, 7) is 6.43. The molecule has 0 bridgehead atoms. The first kappa shape index (κ1) is 22.2. The predicted octanol–water partition coefficient (Wildman–Crippen LogP) is 3.71. The van der Waals surface area contributed by atoms with Crippen molar-refractivity contribution in [3.05, 3.63) is 22.4 Å². The molecule has 1 aliphatic carbocycles. The highest BCUT2D eigenvalue weighted by Crippen LogP contribution is 2.26. The van der Waals surface area contributed by atoms with Gasteiger partial charge >= 0.3 is 5.97 Å². The Morgan fingerprint density at radius 1 is 1.36 bits per heavy atom. The maximum absolute atomic E-state index is 12.1. The molecule has 0 radical (unpaired) electrons. The van der Waals surface area contributed by atoms with E-state index in [1.165, 1.54) is 4.88 Å². The summed E-state index contributed by atoms with van der Waals surface area (Å²) in [5.41, 5.74) is 5.56. The molecule has 25 heavy (non-hydrogen) atoms.